The highest BCUT2D eigenvalue weighted by Gasteiger charge is 2.27. The molecule has 0 bridgehead atoms. The number of carbonyl (C=O) groups excluding carboxylic acids is 1. The highest BCUT2D eigenvalue weighted by molar-refractivity contribution is 5.75. The first-order valence-electron chi connectivity index (χ1n) is 7.65. The number of amides is 1. The molecule has 0 aliphatic heterocycles. The van der Waals surface area contributed by atoms with E-state index in [-0.39, 0.29) is 25.5 Å². The first kappa shape index (κ1) is 18.8. The molecule has 2 aromatic rings. The number of ether oxygens (including phenoxy) is 2. The lowest BCUT2D eigenvalue weighted by atomic mass is 10.2. The lowest BCUT2D eigenvalue weighted by molar-refractivity contribution is -0.174. The summed E-state index contributed by atoms with van der Waals surface area (Å²) >= 11 is 0. The number of hydrogen-bond acceptors (Lipinski definition) is 3. The van der Waals surface area contributed by atoms with Crippen LogP contribution in [0.5, 0.6) is 11.5 Å². The molecule has 0 saturated heterocycles. The second-order valence-electron chi connectivity index (χ2n) is 5.25. The second kappa shape index (κ2) is 9.08. The Bertz CT molecular complexity index is 658. The van der Waals surface area contributed by atoms with Crippen molar-refractivity contribution in [1.29, 1.82) is 0 Å². The number of para-hydroxylation sites is 1. The molecular weight excluding hydrogens is 335 g/mol. The Morgan fingerprint density at radius 2 is 1.60 bits per heavy atom. The minimum Gasteiger partial charge on any atom is -0.457 e. The lowest BCUT2D eigenvalue weighted by Gasteiger charge is -2.09. The highest BCUT2D eigenvalue weighted by atomic mass is 19.4. The van der Waals surface area contributed by atoms with E-state index in [0.29, 0.717) is 5.75 Å². The van der Waals surface area contributed by atoms with Crippen molar-refractivity contribution in [2.75, 3.05) is 13.2 Å². The van der Waals surface area contributed by atoms with E-state index in [2.05, 4.69) is 10.1 Å². The minimum absolute atomic E-state index is 0.120. The topological polar surface area (TPSA) is 47.6 Å². The molecule has 0 radical (unpaired) electrons. The third kappa shape index (κ3) is 7.71. The molecule has 0 aromatic heterocycles. The zero-order chi connectivity index (χ0) is 18.1. The summed E-state index contributed by atoms with van der Waals surface area (Å²) in [7, 11) is 0. The van der Waals surface area contributed by atoms with Crippen LogP contribution in [0.2, 0.25) is 0 Å². The van der Waals surface area contributed by atoms with Crippen LogP contribution in [0.3, 0.4) is 0 Å². The van der Waals surface area contributed by atoms with Crippen molar-refractivity contribution in [3.05, 3.63) is 60.2 Å². The van der Waals surface area contributed by atoms with Gasteiger partial charge in [0.05, 0.1) is 6.61 Å². The molecule has 0 heterocycles. The third-order valence-electron chi connectivity index (χ3n) is 3.13. The van der Waals surface area contributed by atoms with Gasteiger partial charge in [0.25, 0.3) is 0 Å². The van der Waals surface area contributed by atoms with Crippen LogP contribution in [-0.2, 0) is 16.1 Å². The van der Waals surface area contributed by atoms with Gasteiger partial charge in [-0.15, -0.1) is 0 Å². The van der Waals surface area contributed by atoms with Gasteiger partial charge in [0.2, 0.25) is 5.91 Å². The van der Waals surface area contributed by atoms with Crippen LogP contribution in [0.15, 0.2) is 54.6 Å². The molecule has 2 rings (SSSR count). The Kier molecular flexibility index (Phi) is 6.82. The molecular formula is C18H18F3NO3. The zero-order valence-electron chi connectivity index (χ0n) is 13.4. The van der Waals surface area contributed by atoms with E-state index in [4.69, 9.17) is 4.74 Å². The van der Waals surface area contributed by atoms with Crippen LogP contribution in [0.1, 0.15) is 12.0 Å². The maximum absolute atomic E-state index is 11.9. The summed E-state index contributed by atoms with van der Waals surface area (Å²) in [4.78, 5) is 11.6. The number of halogens is 3. The average molecular weight is 353 g/mol. The van der Waals surface area contributed by atoms with E-state index in [0.717, 1.165) is 11.3 Å². The molecule has 1 amide bonds. The van der Waals surface area contributed by atoms with E-state index in [9.17, 15) is 18.0 Å². The first-order chi connectivity index (χ1) is 11.9. The quantitative estimate of drug-likeness (QED) is 0.728. The fraction of sp³-hybridized carbons (Fsp3) is 0.278. The summed E-state index contributed by atoms with van der Waals surface area (Å²) in [5.74, 6) is 1.02. The summed E-state index contributed by atoms with van der Waals surface area (Å²) in [6, 6.07) is 16.5. The Morgan fingerprint density at radius 3 is 2.24 bits per heavy atom. The molecule has 0 unspecified atom stereocenters. The number of alkyl halides is 3. The Balaban J connectivity index is 1.69. The van der Waals surface area contributed by atoms with Crippen molar-refractivity contribution in [3.8, 4) is 11.5 Å². The summed E-state index contributed by atoms with van der Waals surface area (Å²) in [5.41, 5.74) is 0.852. The third-order valence-corrected chi connectivity index (χ3v) is 3.13. The molecule has 134 valence electrons. The van der Waals surface area contributed by atoms with Gasteiger partial charge in [-0.1, -0.05) is 30.3 Å². The van der Waals surface area contributed by atoms with Crippen LogP contribution in [0, 0.1) is 0 Å². The maximum atomic E-state index is 11.9. The van der Waals surface area contributed by atoms with Crippen molar-refractivity contribution in [2.24, 2.45) is 0 Å². The van der Waals surface area contributed by atoms with E-state index >= 15 is 0 Å². The monoisotopic (exact) mass is 353 g/mol. The van der Waals surface area contributed by atoms with Crippen molar-refractivity contribution in [2.45, 2.75) is 19.1 Å². The standard InChI is InChI=1S/C18H18F3NO3/c19-18(20,21)13-24-11-10-17(23)22-12-14-6-8-16(9-7-14)25-15-4-2-1-3-5-15/h1-9H,10-13H2,(H,22,23). The number of benzene rings is 2. The molecule has 1 N–H and O–H groups in total. The summed E-state index contributed by atoms with van der Waals surface area (Å²) in [6.07, 6.45) is -4.49. The molecule has 0 aliphatic rings. The SMILES string of the molecule is O=C(CCOCC(F)(F)F)NCc1ccc(Oc2ccccc2)cc1. The van der Waals surface area contributed by atoms with Crippen molar-refractivity contribution < 1.29 is 27.4 Å². The molecule has 0 atom stereocenters. The molecule has 0 spiro atoms. The maximum Gasteiger partial charge on any atom is 0.411 e. The van der Waals surface area contributed by atoms with Crippen LogP contribution in [0.4, 0.5) is 13.2 Å². The van der Waals surface area contributed by atoms with E-state index in [1.165, 1.54) is 0 Å². The number of rotatable bonds is 8. The van der Waals surface area contributed by atoms with Crippen LogP contribution in [0.25, 0.3) is 0 Å². The normalized spacial score (nSPS) is 11.2. The molecule has 4 nitrogen and oxygen atoms in total. The predicted molar refractivity (Wildman–Crippen MR) is 86.3 cm³/mol. The molecule has 25 heavy (non-hydrogen) atoms. The van der Waals surface area contributed by atoms with Crippen molar-refractivity contribution in [1.82, 2.24) is 5.32 Å². The van der Waals surface area contributed by atoms with Gasteiger partial charge in [-0.3, -0.25) is 4.79 Å². The van der Waals surface area contributed by atoms with E-state index in [1.54, 1.807) is 24.3 Å². The lowest BCUT2D eigenvalue weighted by Crippen LogP contribution is -2.25. The van der Waals surface area contributed by atoms with Gasteiger partial charge < -0.3 is 14.8 Å². The Labute approximate surface area is 143 Å². The van der Waals surface area contributed by atoms with Gasteiger partial charge in [-0.2, -0.15) is 13.2 Å². The van der Waals surface area contributed by atoms with Gasteiger partial charge in [-0.05, 0) is 29.8 Å². The zero-order valence-corrected chi connectivity index (χ0v) is 13.4. The number of carbonyl (C=O) groups is 1. The summed E-state index contributed by atoms with van der Waals surface area (Å²) in [5, 5.41) is 2.62. The van der Waals surface area contributed by atoms with E-state index < -0.39 is 12.8 Å². The summed E-state index contributed by atoms with van der Waals surface area (Å²) < 4.78 is 45.7. The van der Waals surface area contributed by atoms with Crippen molar-refractivity contribution in [3.63, 3.8) is 0 Å². The van der Waals surface area contributed by atoms with Gasteiger partial charge in [-0.25, -0.2) is 0 Å². The first-order valence-corrected chi connectivity index (χ1v) is 7.65. The van der Waals surface area contributed by atoms with Crippen LogP contribution in [-0.4, -0.2) is 25.3 Å². The molecule has 0 aliphatic carbocycles. The molecule has 0 saturated carbocycles. The predicted octanol–water partition coefficient (Wildman–Crippen LogP) is 4.06. The van der Waals surface area contributed by atoms with Gasteiger partial charge in [0.15, 0.2) is 0 Å². The number of nitrogens with one attached hydrogen (secondary N) is 1. The van der Waals surface area contributed by atoms with Crippen LogP contribution < -0.4 is 10.1 Å². The highest BCUT2D eigenvalue weighted by Crippen LogP contribution is 2.21. The van der Waals surface area contributed by atoms with E-state index in [1.807, 2.05) is 30.3 Å². The van der Waals surface area contributed by atoms with Crippen molar-refractivity contribution >= 4 is 5.91 Å². The Hall–Kier alpha value is -2.54. The number of hydrogen-bond donors (Lipinski definition) is 1. The van der Waals surface area contributed by atoms with Gasteiger partial charge in [0, 0.05) is 13.0 Å². The largest absolute Gasteiger partial charge is 0.457 e. The fourth-order valence-corrected chi connectivity index (χ4v) is 1.94. The second-order valence-corrected chi connectivity index (χ2v) is 5.25. The Morgan fingerprint density at radius 1 is 0.960 bits per heavy atom. The summed E-state index contributed by atoms with van der Waals surface area (Å²) in [6.45, 7) is -1.33. The smallest absolute Gasteiger partial charge is 0.411 e. The molecule has 2 aromatic carbocycles. The van der Waals surface area contributed by atoms with Gasteiger partial charge in [0.1, 0.15) is 18.1 Å². The average Bonchev–Trinajstić information content (AvgIpc) is 2.58. The van der Waals surface area contributed by atoms with Gasteiger partial charge >= 0.3 is 6.18 Å². The molecule has 0 fully saturated rings. The molecule has 7 heteroatoms. The van der Waals surface area contributed by atoms with Crippen LogP contribution >= 0.6 is 0 Å². The fourth-order valence-electron chi connectivity index (χ4n) is 1.94. The minimum atomic E-state index is -4.37.